The molecule has 1 saturated heterocycles. The third kappa shape index (κ3) is 0.956. The van der Waals surface area contributed by atoms with Crippen LogP contribution in [0.25, 0.3) is 0 Å². The van der Waals surface area contributed by atoms with E-state index in [0.29, 0.717) is 0 Å². The highest BCUT2D eigenvalue weighted by Crippen LogP contribution is 2.19. The van der Waals surface area contributed by atoms with Crippen molar-refractivity contribution >= 4 is 11.4 Å². The maximum atomic E-state index is 9.66. The van der Waals surface area contributed by atoms with Gasteiger partial charge in [0, 0.05) is 0 Å². The van der Waals surface area contributed by atoms with E-state index in [1.165, 1.54) is 0 Å². The van der Waals surface area contributed by atoms with Gasteiger partial charge in [-0.05, 0) is 0 Å². The number of rotatable bonds is 0. The van der Waals surface area contributed by atoms with Gasteiger partial charge in [-0.3, -0.25) is 0 Å². The zero-order valence-corrected chi connectivity index (χ0v) is 3.84. The second-order valence-corrected chi connectivity index (χ2v) is 1.66. The fourth-order valence-electron chi connectivity index (χ4n) is 0.184. The van der Waals surface area contributed by atoms with Crippen molar-refractivity contribution in [1.29, 1.82) is 0 Å². The molecule has 1 aliphatic heterocycles. The first-order valence-electron chi connectivity index (χ1n) is 1.36. The van der Waals surface area contributed by atoms with Gasteiger partial charge in [0.25, 0.3) is 0 Å². The molecule has 0 bridgehead atoms. The molecule has 0 saturated carbocycles. The predicted octanol–water partition coefficient (Wildman–Crippen LogP) is -1.79. The Morgan fingerprint density at radius 3 is 1.86 bits per heavy atom. The van der Waals surface area contributed by atoms with Gasteiger partial charge in [-0.15, -0.1) is 0 Å². The Balaban J connectivity index is 2.43. The molecule has 0 spiro atoms. The van der Waals surface area contributed by atoms with Gasteiger partial charge in [-0.1, -0.05) is 0 Å². The summed E-state index contributed by atoms with van der Waals surface area (Å²) in [5.41, 5.74) is 0. The van der Waals surface area contributed by atoms with Gasteiger partial charge in [0.05, 0.1) is 0 Å². The second-order valence-electron chi connectivity index (χ2n) is 0.919. The molecule has 0 aromatic rings. The zero-order valence-electron chi connectivity index (χ0n) is 3.03. The largest absolute Gasteiger partial charge is 0.436 e. The minimum absolute atomic E-state index is 1.96. The summed E-state index contributed by atoms with van der Waals surface area (Å²) < 4.78 is 17.0. The summed E-state index contributed by atoms with van der Waals surface area (Å²) in [6.45, 7) is 0. The van der Waals surface area contributed by atoms with Crippen LogP contribution >= 0.6 is 0 Å². The number of aliphatic hydroxyl groups is 2. The molecule has 5 nitrogen and oxygen atoms in total. The Kier molecular flexibility index (Phi) is 0.906. The van der Waals surface area contributed by atoms with Gasteiger partial charge in [-0.2, -0.15) is 12.6 Å². The van der Waals surface area contributed by atoms with E-state index in [0.717, 1.165) is 0 Å². The van der Waals surface area contributed by atoms with Gasteiger partial charge in [0.2, 0.25) is 0 Å². The molecule has 1 rings (SSSR count). The van der Waals surface area contributed by atoms with Crippen LogP contribution < -0.4 is 0 Å². The lowest BCUT2D eigenvalue weighted by Crippen LogP contribution is -2.46. The number of hydrogen-bond donors (Lipinski definition) is 2. The first kappa shape index (κ1) is 5.13. The lowest BCUT2D eigenvalue weighted by Gasteiger charge is -2.25. The average Bonchev–Trinajstić information content (AvgIpc) is 1.27. The van der Waals surface area contributed by atoms with Gasteiger partial charge in [0.15, 0.2) is 0 Å². The fourth-order valence-corrected chi connectivity index (χ4v) is 0.551. The highest BCUT2D eigenvalue weighted by atomic mass is 32.2. The van der Waals surface area contributed by atoms with Crippen LogP contribution in [0.5, 0.6) is 0 Å². The molecular weight excluding hydrogens is 124 g/mol. The summed E-state index contributed by atoms with van der Waals surface area (Å²) in [5.74, 6) is 0. The molecule has 0 aliphatic carbocycles. The molecule has 0 atom stereocenters. The molecule has 0 aromatic carbocycles. The third-order valence-corrected chi connectivity index (χ3v) is 1.06. The molecule has 0 aromatic heterocycles. The second kappa shape index (κ2) is 1.23. The van der Waals surface area contributed by atoms with Crippen LogP contribution in [-0.2, 0) is 19.7 Å². The lowest BCUT2D eigenvalue weighted by atomic mass is 11.2. The third-order valence-electron chi connectivity index (χ3n) is 0.353. The molecular formula is CH2O5S. The van der Waals surface area contributed by atoms with E-state index >= 15 is 0 Å². The van der Waals surface area contributed by atoms with Crippen molar-refractivity contribution in [3.05, 3.63) is 0 Å². The molecule has 1 aliphatic rings. The Bertz CT molecular complexity index is 96.6. The molecule has 6 heteroatoms. The van der Waals surface area contributed by atoms with E-state index in [9.17, 15) is 4.21 Å². The summed E-state index contributed by atoms with van der Waals surface area (Å²) in [5, 5.41) is 16.0. The quantitative estimate of drug-likeness (QED) is 0.375. The van der Waals surface area contributed by atoms with Crippen LogP contribution in [-0.4, -0.2) is 20.6 Å². The Labute approximate surface area is 41.3 Å². The Morgan fingerprint density at radius 1 is 1.43 bits per heavy atom. The minimum Gasteiger partial charge on any atom is -0.318 e. The smallest absolute Gasteiger partial charge is 0.318 e. The van der Waals surface area contributed by atoms with Crippen molar-refractivity contribution in [3.8, 4) is 0 Å². The normalized spacial score (nSPS) is 29.4. The van der Waals surface area contributed by atoms with Crippen molar-refractivity contribution in [3.63, 3.8) is 0 Å². The first-order valence-corrected chi connectivity index (χ1v) is 2.36. The summed E-state index contributed by atoms with van der Waals surface area (Å²) >= 11 is -1.96. The average molecular weight is 126 g/mol. The molecule has 0 unspecified atom stereocenters. The van der Waals surface area contributed by atoms with E-state index in [1.807, 2.05) is 0 Å². The zero-order chi connectivity index (χ0) is 5.49. The van der Waals surface area contributed by atoms with Crippen LogP contribution in [0.15, 0.2) is 0 Å². The topological polar surface area (TPSA) is 76.0 Å². The molecule has 1 fully saturated rings. The van der Waals surface area contributed by atoms with E-state index in [4.69, 9.17) is 10.2 Å². The van der Waals surface area contributed by atoms with E-state index in [1.54, 1.807) is 0 Å². The first-order chi connectivity index (χ1) is 3.10. The van der Waals surface area contributed by atoms with Gasteiger partial charge in [0.1, 0.15) is 0 Å². The molecule has 0 amide bonds. The molecule has 2 N–H and O–H groups in total. The van der Waals surface area contributed by atoms with E-state index < -0.39 is 17.5 Å². The molecule has 42 valence electrons. The summed E-state index contributed by atoms with van der Waals surface area (Å²) in [7, 11) is 0. The predicted molar refractivity (Wildman–Crippen MR) is 17.5 cm³/mol. The van der Waals surface area contributed by atoms with Gasteiger partial charge in [-0.25, -0.2) is 0 Å². The van der Waals surface area contributed by atoms with Crippen molar-refractivity contribution in [2.75, 3.05) is 0 Å². The SMILES string of the molecule is O=S1OC(O)(O)O1. The Hall–Kier alpha value is -0.0100. The standard InChI is InChI=1S/CH2O5S/c2-1(3)5-7(4)6-1/h2-3H. The Morgan fingerprint density at radius 2 is 1.86 bits per heavy atom. The summed E-state index contributed by atoms with van der Waals surface area (Å²) in [6, 6.07) is 0. The maximum Gasteiger partial charge on any atom is 0.436 e. The van der Waals surface area contributed by atoms with Crippen LogP contribution in [0.3, 0.4) is 0 Å². The van der Waals surface area contributed by atoms with Crippen molar-refractivity contribution in [1.82, 2.24) is 0 Å². The van der Waals surface area contributed by atoms with Crippen molar-refractivity contribution in [2.24, 2.45) is 0 Å². The lowest BCUT2D eigenvalue weighted by molar-refractivity contribution is -0.439. The summed E-state index contributed by atoms with van der Waals surface area (Å²) in [4.78, 5) is 0. The highest BCUT2D eigenvalue weighted by molar-refractivity contribution is 7.76. The molecule has 1 heterocycles. The van der Waals surface area contributed by atoms with Gasteiger partial charge >= 0.3 is 17.5 Å². The van der Waals surface area contributed by atoms with E-state index in [-0.39, 0.29) is 0 Å². The van der Waals surface area contributed by atoms with Crippen LogP contribution in [0.2, 0.25) is 0 Å². The number of hydrogen-bond acceptors (Lipinski definition) is 5. The van der Waals surface area contributed by atoms with Crippen LogP contribution in [0.1, 0.15) is 0 Å². The minimum atomic E-state index is -2.61. The van der Waals surface area contributed by atoms with Crippen molar-refractivity contribution in [2.45, 2.75) is 6.16 Å². The monoisotopic (exact) mass is 126 g/mol. The highest BCUT2D eigenvalue weighted by Gasteiger charge is 2.44. The fraction of sp³-hybridized carbons (Fsp3) is 1.00. The van der Waals surface area contributed by atoms with Crippen molar-refractivity contribution < 1.29 is 22.8 Å². The molecule has 7 heavy (non-hydrogen) atoms. The summed E-state index contributed by atoms with van der Waals surface area (Å²) in [6.07, 6.45) is -2.61. The van der Waals surface area contributed by atoms with E-state index in [2.05, 4.69) is 8.37 Å². The van der Waals surface area contributed by atoms with Gasteiger partial charge < -0.3 is 10.2 Å². The maximum absolute atomic E-state index is 9.66. The van der Waals surface area contributed by atoms with Crippen LogP contribution in [0, 0.1) is 0 Å². The molecule has 0 radical (unpaired) electrons. The van der Waals surface area contributed by atoms with Crippen LogP contribution in [0.4, 0.5) is 0 Å².